The van der Waals surface area contributed by atoms with Crippen molar-refractivity contribution in [2.45, 2.75) is 17.3 Å². The van der Waals surface area contributed by atoms with Gasteiger partial charge in [-0.15, -0.1) is 0 Å². The summed E-state index contributed by atoms with van der Waals surface area (Å²) in [5.74, 6) is -1.77. The Kier molecular flexibility index (Phi) is 4.67. The lowest BCUT2D eigenvalue weighted by molar-refractivity contribution is -0.0328. The highest BCUT2D eigenvalue weighted by Gasteiger charge is 2.34. The molecule has 1 aromatic rings. The molecule has 0 atom stereocenters. The van der Waals surface area contributed by atoms with Crippen molar-refractivity contribution < 1.29 is 27.8 Å². The zero-order valence-corrected chi connectivity index (χ0v) is 10.4. The van der Waals surface area contributed by atoms with Crippen LogP contribution < -0.4 is 0 Å². The van der Waals surface area contributed by atoms with Gasteiger partial charge in [-0.2, -0.15) is 18.4 Å². The Morgan fingerprint density at radius 2 is 2.16 bits per heavy atom. The maximum Gasteiger partial charge on any atom is 0.446 e. The quantitative estimate of drug-likeness (QED) is 0.684. The Morgan fingerprint density at radius 3 is 2.63 bits per heavy atom. The normalized spacial score (nSPS) is 10.9. The molecule has 1 aromatic carbocycles. The lowest BCUT2D eigenvalue weighted by Gasteiger charge is -2.13. The summed E-state index contributed by atoms with van der Waals surface area (Å²) >= 11 is -0.636. The second-order valence-corrected chi connectivity index (χ2v) is 4.29. The highest BCUT2D eigenvalue weighted by Crippen LogP contribution is 2.42. The van der Waals surface area contributed by atoms with Crippen molar-refractivity contribution in [2.24, 2.45) is 0 Å². The first-order valence-electron chi connectivity index (χ1n) is 4.99. The van der Waals surface area contributed by atoms with Crippen LogP contribution >= 0.6 is 11.8 Å². The SMILES string of the molecule is CCOC(=O)c1c(O)ccc(C#N)c1SC(F)(F)F. The summed E-state index contributed by atoms with van der Waals surface area (Å²) in [6, 6.07) is 3.53. The number of phenols is 1. The summed E-state index contributed by atoms with van der Waals surface area (Å²) in [7, 11) is 0. The molecule has 19 heavy (non-hydrogen) atoms. The Labute approximate surface area is 110 Å². The molecule has 0 bridgehead atoms. The predicted octanol–water partition coefficient (Wildman–Crippen LogP) is 3.05. The second-order valence-electron chi connectivity index (χ2n) is 3.22. The van der Waals surface area contributed by atoms with Crippen molar-refractivity contribution in [1.82, 2.24) is 0 Å². The Balaban J connectivity index is 3.42. The number of hydrogen-bond acceptors (Lipinski definition) is 5. The van der Waals surface area contributed by atoms with Crippen LogP contribution in [-0.4, -0.2) is 23.2 Å². The van der Waals surface area contributed by atoms with Gasteiger partial charge in [-0.05, 0) is 30.8 Å². The highest BCUT2D eigenvalue weighted by molar-refractivity contribution is 8.00. The van der Waals surface area contributed by atoms with Gasteiger partial charge in [0.05, 0.1) is 17.1 Å². The van der Waals surface area contributed by atoms with Crippen LogP contribution in [0.3, 0.4) is 0 Å². The molecule has 102 valence electrons. The molecule has 0 heterocycles. The number of thioether (sulfide) groups is 1. The van der Waals surface area contributed by atoms with Gasteiger partial charge < -0.3 is 9.84 Å². The van der Waals surface area contributed by atoms with Crippen molar-refractivity contribution in [1.29, 1.82) is 5.26 Å². The monoisotopic (exact) mass is 291 g/mol. The van der Waals surface area contributed by atoms with Crippen LogP contribution in [0.5, 0.6) is 5.75 Å². The van der Waals surface area contributed by atoms with E-state index in [1.165, 1.54) is 6.92 Å². The van der Waals surface area contributed by atoms with Crippen molar-refractivity contribution in [3.63, 3.8) is 0 Å². The van der Waals surface area contributed by atoms with Crippen molar-refractivity contribution in [2.75, 3.05) is 6.61 Å². The summed E-state index contributed by atoms with van der Waals surface area (Å²) < 4.78 is 41.9. The fourth-order valence-electron chi connectivity index (χ4n) is 1.28. The molecular formula is C11H8F3NO3S. The standard InChI is InChI=1S/C11H8F3NO3S/c1-2-18-10(17)8-7(16)4-3-6(5-15)9(8)19-11(12,13)14/h3-4,16H,2H2,1H3. The molecule has 0 radical (unpaired) electrons. The molecule has 0 unspecified atom stereocenters. The molecule has 1 N–H and O–H groups in total. The summed E-state index contributed by atoms with van der Waals surface area (Å²) in [6.07, 6.45) is 0. The zero-order chi connectivity index (χ0) is 14.6. The van der Waals surface area contributed by atoms with Gasteiger partial charge in [0.25, 0.3) is 0 Å². The number of benzene rings is 1. The van der Waals surface area contributed by atoms with Crippen LogP contribution in [0, 0.1) is 11.3 Å². The van der Waals surface area contributed by atoms with Gasteiger partial charge in [0.2, 0.25) is 0 Å². The number of phenolic OH excluding ortho intramolecular Hbond substituents is 1. The number of nitrogens with zero attached hydrogens (tertiary/aromatic N) is 1. The van der Waals surface area contributed by atoms with E-state index < -0.39 is 39.4 Å². The zero-order valence-electron chi connectivity index (χ0n) is 9.61. The number of ether oxygens (including phenoxy) is 1. The third-order valence-corrected chi connectivity index (χ3v) is 2.81. The van der Waals surface area contributed by atoms with Gasteiger partial charge in [0.15, 0.2) is 0 Å². The number of aromatic hydroxyl groups is 1. The number of rotatable bonds is 3. The van der Waals surface area contributed by atoms with E-state index in [9.17, 15) is 23.1 Å². The largest absolute Gasteiger partial charge is 0.507 e. The van der Waals surface area contributed by atoms with E-state index >= 15 is 0 Å². The number of alkyl halides is 3. The van der Waals surface area contributed by atoms with E-state index in [0.29, 0.717) is 0 Å². The average Bonchev–Trinajstić information content (AvgIpc) is 2.27. The minimum Gasteiger partial charge on any atom is -0.507 e. The molecule has 8 heteroatoms. The van der Waals surface area contributed by atoms with Crippen LogP contribution in [0.2, 0.25) is 0 Å². The van der Waals surface area contributed by atoms with Crippen LogP contribution in [0.15, 0.2) is 17.0 Å². The van der Waals surface area contributed by atoms with Gasteiger partial charge in [-0.3, -0.25) is 0 Å². The van der Waals surface area contributed by atoms with E-state index in [-0.39, 0.29) is 12.2 Å². The number of nitriles is 1. The van der Waals surface area contributed by atoms with Crippen molar-refractivity contribution in [3.8, 4) is 11.8 Å². The summed E-state index contributed by atoms with van der Waals surface area (Å²) in [5.41, 5.74) is -5.70. The molecule has 4 nitrogen and oxygen atoms in total. The van der Waals surface area contributed by atoms with E-state index in [1.54, 1.807) is 6.07 Å². The average molecular weight is 291 g/mol. The topological polar surface area (TPSA) is 70.3 Å². The fraction of sp³-hybridized carbons (Fsp3) is 0.273. The molecule has 0 aliphatic rings. The number of halogens is 3. The molecule has 0 saturated heterocycles. The third kappa shape index (κ3) is 3.79. The van der Waals surface area contributed by atoms with Gasteiger partial charge in [0.1, 0.15) is 17.4 Å². The van der Waals surface area contributed by atoms with E-state index in [4.69, 9.17) is 5.26 Å². The van der Waals surface area contributed by atoms with E-state index in [2.05, 4.69) is 4.74 Å². The Bertz CT molecular complexity index is 537. The maximum atomic E-state index is 12.4. The lowest BCUT2D eigenvalue weighted by atomic mass is 10.1. The summed E-state index contributed by atoms with van der Waals surface area (Å²) in [4.78, 5) is 10.9. The van der Waals surface area contributed by atoms with Gasteiger partial charge >= 0.3 is 11.5 Å². The van der Waals surface area contributed by atoms with E-state index in [0.717, 1.165) is 12.1 Å². The van der Waals surface area contributed by atoms with Gasteiger partial charge in [0, 0.05) is 0 Å². The molecule has 0 aromatic heterocycles. The first-order chi connectivity index (χ1) is 8.80. The Hall–Kier alpha value is -1.88. The van der Waals surface area contributed by atoms with Gasteiger partial charge in [-0.25, -0.2) is 4.79 Å². The lowest BCUT2D eigenvalue weighted by Crippen LogP contribution is -2.10. The molecule has 0 fully saturated rings. The first kappa shape index (κ1) is 15.2. The second kappa shape index (κ2) is 5.84. The van der Waals surface area contributed by atoms with Crippen LogP contribution in [0.1, 0.15) is 22.8 Å². The van der Waals surface area contributed by atoms with Gasteiger partial charge in [-0.1, -0.05) is 0 Å². The molecule has 1 rings (SSSR count). The smallest absolute Gasteiger partial charge is 0.446 e. The molecule has 0 amide bonds. The molecule has 0 aliphatic carbocycles. The first-order valence-corrected chi connectivity index (χ1v) is 5.80. The third-order valence-electron chi connectivity index (χ3n) is 1.95. The van der Waals surface area contributed by atoms with Crippen molar-refractivity contribution >= 4 is 17.7 Å². The number of carbonyl (C=O) groups is 1. The highest BCUT2D eigenvalue weighted by atomic mass is 32.2. The minimum atomic E-state index is -4.69. The van der Waals surface area contributed by atoms with Crippen LogP contribution in [-0.2, 0) is 4.74 Å². The molecule has 0 aliphatic heterocycles. The summed E-state index contributed by atoms with van der Waals surface area (Å²) in [5, 5.41) is 18.3. The molecule has 0 saturated carbocycles. The fourth-order valence-corrected chi connectivity index (χ4v) is 2.03. The van der Waals surface area contributed by atoms with Crippen LogP contribution in [0.25, 0.3) is 0 Å². The predicted molar refractivity (Wildman–Crippen MR) is 60.7 cm³/mol. The van der Waals surface area contributed by atoms with Crippen LogP contribution in [0.4, 0.5) is 13.2 Å². The van der Waals surface area contributed by atoms with E-state index in [1.807, 2.05) is 0 Å². The number of esters is 1. The number of carbonyl (C=O) groups excluding carboxylic acids is 1. The minimum absolute atomic E-state index is 0.0643. The van der Waals surface area contributed by atoms with Crippen molar-refractivity contribution in [3.05, 3.63) is 23.3 Å². The number of hydrogen-bond donors (Lipinski definition) is 1. The molecule has 0 spiro atoms. The summed E-state index contributed by atoms with van der Waals surface area (Å²) in [6.45, 7) is 1.41. The maximum absolute atomic E-state index is 12.4. The molecular weight excluding hydrogens is 283 g/mol. The Morgan fingerprint density at radius 1 is 1.53 bits per heavy atom.